The molecule has 2 N–H and O–H groups in total. The van der Waals surface area contributed by atoms with Gasteiger partial charge >= 0.3 is 0 Å². The van der Waals surface area contributed by atoms with E-state index < -0.39 is 12.5 Å². The van der Waals surface area contributed by atoms with Crippen LogP contribution in [0.1, 0.15) is 30.5 Å². The fourth-order valence-electron chi connectivity index (χ4n) is 2.21. The van der Waals surface area contributed by atoms with E-state index in [1.54, 1.807) is 18.2 Å². The van der Waals surface area contributed by atoms with E-state index in [-0.39, 0.29) is 18.8 Å². The fraction of sp³-hybridized carbons (Fsp3) is 0.333. The number of nitrogens with two attached hydrogens (primary N) is 1. The first-order valence-corrected chi connectivity index (χ1v) is 7.57. The van der Waals surface area contributed by atoms with Gasteiger partial charge in [-0.25, -0.2) is 8.78 Å². The summed E-state index contributed by atoms with van der Waals surface area (Å²) in [5.41, 5.74) is 7.45. The van der Waals surface area contributed by atoms with E-state index in [9.17, 15) is 8.78 Å². The lowest BCUT2D eigenvalue weighted by atomic mass is 10.0. The first-order chi connectivity index (χ1) is 11.1. The second-order valence-electron chi connectivity index (χ2n) is 5.15. The summed E-state index contributed by atoms with van der Waals surface area (Å²) in [7, 11) is 0. The molecule has 0 amide bonds. The van der Waals surface area contributed by atoms with Gasteiger partial charge in [-0.05, 0) is 30.2 Å². The minimum absolute atomic E-state index is 0. The molecule has 0 unspecified atom stereocenters. The van der Waals surface area contributed by atoms with Gasteiger partial charge < -0.3 is 15.2 Å². The summed E-state index contributed by atoms with van der Waals surface area (Å²) in [4.78, 5) is 0. The van der Waals surface area contributed by atoms with Gasteiger partial charge in [0.05, 0.1) is 6.61 Å². The van der Waals surface area contributed by atoms with Crippen LogP contribution in [-0.4, -0.2) is 13.0 Å². The summed E-state index contributed by atoms with van der Waals surface area (Å²) in [6.45, 7) is 2.71. The van der Waals surface area contributed by atoms with Crippen molar-refractivity contribution < 1.29 is 18.3 Å². The first kappa shape index (κ1) is 20.2. The van der Waals surface area contributed by atoms with Crippen LogP contribution in [0.4, 0.5) is 8.78 Å². The fourth-order valence-corrected chi connectivity index (χ4v) is 2.21. The lowest BCUT2D eigenvalue weighted by Crippen LogP contribution is -2.14. The van der Waals surface area contributed by atoms with Crippen LogP contribution in [0.15, 0.2) is 48.5 Å². The molecule has 0 saturated heterocycles. The van der Waals surface area contributed by atoms with Crippen LogP contribution < -0.4 is 15.2 Å². The third-order valence-electron chi connectivity index (χ3n) is 3.37. The minimum atomic E-state index is -2.44. The Labute approximate surface area is 147 Å². The number of alkyl halides is 2. The molecule has 0 aliphatic heterocycles. The molecule has 0 bridgehead atoms. The molecule has 2 aromatic rings. The molecule has 0 aliphatic carbocycles. The molecule has 0 radical (unpaired) electrons. The van der Waals surface area contributed by atoms with Crippen molar-refractivity contribution in [2.45, 2.75) is 32.4 Å². The van der Waals surface area contributed by atoms with Crippen molar-refractivity contribution in [1.29, 1.82) is 0 Å². The summed E-state index contributed by atoms with van der Waals surface area (Å²) in [5, 5.41) is 0. The Balaban J connectivity index is 0.00000288. The number of rotatable bonds is 8. The van der Waals surface area contributed by atoms with Gasteiger partial charge in [-0.3, -0.25) is 0 Å². The number of benzene rings is 2. The van der Waals surface area contributed by atoms with E-state index >= 15 is 0 Å². The minimum Gasteiger partial charge on any atom is -0.490 e. The molecule has 0 saturated carbocycles. The highest BCUT2D eigenvalue weighted by atomic mass is 35.5. The monoisotopic (exact) mass is 357 g/mol. The van der Waals surface area contributed by atoms with Crippen molar-refractivity contribution in [2.24, 2.45) is 5.73 Å². The second-order valence-corrected chi connectivity index (χ2v) is 5.15. The standard InChI is InChI=1S/C18H21F2NO2.ClH/c1-2-22-17-10-14(15(21)11-18(19)20)8-9-16(17)23-12-13-6-4-3-5-7-13;/h3-10,15,18H,2,11-12,21H2,1H3;1H/t15-;/m1./s1. The van der Waals surface area contributed by atoms with Gasteiger partial charge in [-0.15, -0.1) is 12.4 Å². The summed E-state index contributed by atoms with van der Waals surface area (Å²) in [6.07, 6.45) is -2.81. The Morgan fingerprint density at radius 1 is 1.00 bits per heavy atom. The van der Waals surface area contributed by atoms with Gasteiger partial charge in [0, 0.05) is 12.5 Å². The average Bonchev–Trinajstić information content (AvgIpc) is 2.54. The van der Waals surface area contributed by atoms with Crippen molar-refractivity contribution in [3.8, 4) is 11.5 Å². The Hall–Kier alpha value is -1.85. The third-order valence-corrected chi connectivity index (χ3v) is 3.37. The quantitative estimate of drug-likeness (QED) is 0.742. The molecule has 0 heterocycles. The van der Waals surface area contributed by atoms with Crippen LogP contribution in [0.25, 0.3) is 0 Å². The maximum absolute atomic E-state index is 12.5. The lowest BCUT2D eigenvalue weighted by Gasteiger charge is -2.16. The van der Waals surface area contributed by atoms with Gasteiger partial charge in [0.2, 0.25) is 6.43 Å². The Morgan fingerprint density at radius 3 is 2.33 bits per heavy atom. The predicted molar refractivity (Wildman–Crippen MR) is 93.2 cm³/mol. The van der Waals surface area contributed by atoms with E-state index in [0.717, 1.165) is 5.56 Å². The summed E-state index contributed by atoms with van der Waals surface area (Å²) in [5.74, 6) is 1.09. The topological polar surface area (TPSA) is 44.5 Å². The number of hydrogen-bond acceptors (Lipinski definition) is 3. The van der Waals surface area contributed by atoms with Crippen LogP contribution in [0.5, 0.6) is 11.5 Å². The van der Waals surface area contributed by atoms with E-state index in [4.69, 9.17) is 15.2 Å². The maximum atomic E-state index is 12.5. The van der Waals surface area contributed by atoms with Crippen molar-refractivity contribution in [1.82, 2.24) is 0 Å². The van der Waals surface area contributed by atoms with Gasteiger partial charge in [0.25, 0.3) is 0 Å². The van der Waals surface area contributed by atoms with Crippen LogP contribution in [0.3, 0.4) is 0 Å². The zero-order valence-electron chi connectivity index (χ0n) is 13.5. The molecular weight excluding hydrogens is 336 g/mol. The van der Waals surface area contributed by atoms with E-state index in [2.05, 4.69) is 0 Å². The smallest absolute Gasteiger partial charge is 0.240 e. The van der Waals surface area contributed by atoms with E-state index in [0.29, 0.717) is 30.3 Å². The Bertz CT molecular complexity index is 611. The molecule has 1 atom stereocenters. The zero-order chi connectivity index (χ0) is 16.7. The number of halogens is 3. The molecule has 2 rings (SSSR count). The van der Waals surface area contributed by atoms with E-state index in [1.807, 2.05) is 37.3 Å². The third kappa shape index (κ3) is 5.98. The van der Waals surface area contributed by atoms with Crippen LogP contribution >= 0.6 is 12.4 Å². The van der Waals surface area contributed by atoms with Crippen molar-refractivity contribution >= 4 is 12.4 Å². The van der Waals surface area contributed by atoms with Crippen molar-refractivity contribution in [3.63, 3.8) is 0 Å². The van der Waals surface area contributed by atoms with Crippen LogP contribution in [0.2, 0.25) is 0 Å². The highest BCUT2D eigenvalue weighted by Crippen LogP contribution is 2.32. The highest BCUT2D eigenvalue weighted by Gasteiger charge is 2.15. The molecule has 2 aromatic carbocycles. The molecule has 3 nitrogen and oxygen atoms in total. The average molecular weight is 358 g/mol. The summed E-state index contributed by atoms with van der Waals surface area (Å²) in [6, 6.07) is 14.1. The maximum Gasteiger partial charge on any atom is 0.240 e. The largest absolute Gasteiger partial charge is 0.490 e. The Morgan fingerprint density at radius 2 is 1.71 bits per heavy atom. The van der Waals surface area contributed by atoms with Gasteiger partial charge in [0.1, 0.15) is 6.61 Å². The van der Waals surface area contributed by atoms with Gasteiger partial charge in [-0.1, -0.05) is 36.4 Å². The first-order valence-electron chi connectivity index (χ1n) is 7.57. The molecular formula is C18H22ClF2NO2. The van der Waals surface area contributed by atoms with Crippen molar-refractivity contribution in [3.05, 3.63) is 59.7 Å². The molecule has 0 aliphatic rings. The lowest BCUT2D eigenvalue weighted by molar-refractivity contribution is 0.128. The molecule has 6 heteroatoms. The van der Waals surface area contributed by atoms with Gasteiger partial charge in [-0.2, -0.15) is 0 Å². The highest BCUT2D eigenvalue weighted by molar-refractivity contribution is 5.85. The van der Waals surface area contributed by atoms with Crippen molar-refractivity contribution in [2.75, 3.05) is 6.61 Å². The predicted octanol–water partition coefficient (Wildman–Crippen LogP) is 4.74. The Kier molecular flexibility index (Phi) is 8.50. The van der Waals surface area contributed by atoms with Gasteiger partial charge in [0.15, 0.2) is 11.5 Å². The second kappa shape index (κ2) is 10.1. The zero-order valence-corrected chi connectivity index (χ0v) is 14.3. The normalized spacial score (nSPS) is 11.7. The molecule has 24 heavy (non-hydrogen) atoms. The number of hydrogen-bond donors (Lipinski definition) is 1. The molecule has 0 fully saturated rings. The summed E-state index contributed by atoms with van der Waals surface area (Å²) >= 11 is 0. The van der Waals surface area contributed by atoms with E-state index in [1.165, 1.54) is 0 Å². The van der Waals surface area contributed by atoms with Crippen LogP contribution in [0, 0.1) is 0 Å². The number of ether oxygens (including phenoxy) is 2. The molecule has 0 spiro atoms. The molecule has 132 valence electrons. The molecule has 0 aromatic heterocycles. The summed E-state index contributed by atoms with van der Waals surface area (Å²) < 4.78 is 36.3. The van der Waals surface area contributed by atoms with Crippen LogP contribution in [-0.2, 0) is 6.61 Å². The SMILES string of the molecule is CCOc1cc([C@H](N)CC(F)F)ccc1OCc1ccccc1.Cl.